The third-order valence-corrected chi connectivity index (χ3v) is 3.93. The van der Waals surface area contributed by atoms with Gasteiger partial charge in [-0.2, -0.15) is 0 Å². The van der Waals surface area contributed by atoms with Crippen LogP contribution in [0.15, 0.2) is 22.3 Å². The number of amides is 3. The summed E-state index contributed by atoms with van der Waals surface area (Å²) < 4.78 is 15.7. The summed E-state index contributed by atoms with van der Waals surface area (Å²) >= 11 is 3.35. The van der Waals surface area contributed by atoms with E-state index in [4.69, 9.17) is 15.9 Å². The van der Waals surface area contributed by atoms with Gasteiger partial charge in [0.05, 0.1) is 18.7 Å². The predicted molar refractivity (Wildman–Crippen MR) is 95.3 cm³/mol. The van der Waals surface area contributed by atoms with Gasteiger partial charge in [-0.1, -0.05) is 5.92 Å². The Hall–Kier alpha value is -2.99. The number of nitrogens with one attached hydrogen (secondary N) is 1. The van der Waals surface area contributed by atoms with Crippen LogP contribution in [0, 0.1) is 12.3 Å². The van der Waals surface area contributed by atoms with Crippen LogP contribution in [0.4, 0.5) is 4.79 Å². The van der Waals surface area contributed by atoms with Gasteiger partial charge in [0, 0.05) is 0 Å². The third kappa shape index (κ3) is 4.15. The minimum Gasteiger partial charge on any atom is -0.493 e. The molecule has 1 fully saturated rings. The van der Waals surface area contributed by atoms with Crippen LogP contribution in [0.25, 0.3) is 6.08 Å². The number of terminal acetylenes is 1. The van der Waals surface area contributed by atoms with Gasteiger partial charge < -0.3 is 19.5 Å². The molecule has 0 aromatic heterocycles. The number of ether oxygens (including phenoxy) is 3. The van der Waals surface area contributed by atoms with E-state index in [0.717, 1.165) is 4.90 Å². The van der Waals surface area contributed by atoms with Gasteiger partial charge >= 0.3 is 12.0 Å². The first kappa shape index (κ1) is 19.3. The smallest absolute Gasteiger partial charge is 0.329 e. The van der Waals surface area contributed by atoms with Gasteiger partial charge in [0.1, 0.15) is 18.8 Å². The van der Waals surface area contributed by atoms with Crippen LogP contribution in [0.5, 0.6) is 11.5 Å². The van der Waals surface area contributed by atoms with Crippen molar-refractivity contribution in [2.75, 3.05) is 27.4 Å². The summed E-state index contributed by atoms with van der Waals surface area (Å²) in [6.45, 7) is -0.406. The summed E-state index contributed by atoms with van der Waals surface area (Å²) in [5.74, 6) is 1.83. The molecule has 3 amide bonds. The quantitative estimate of drug-likeness (QED) is 0.323. The van der Waals surface area contributed by atoms with Crippen molar-refractivity contribution in [2.45, 2.75) is 0 Å². The molecule has 0 saturated carbocycles. The van der Waals surface area contributed by atoms with E-state index in [1.54, 1.807) is 12.1 Å². The Bertz CT molecular complexity index is 827. The summed E-state index contributed by atoms with van der Waals surface area (Å²) in [6.07, 6.45) is 6.64. The Labute approximate surface area is 158 Å². The molecule has 2 rings (SSSR count). The second-order valence-electron chi connectivity index (χ2n) is 4.98. The molecule has 1 aliphatic rings. The highest BCUT2D eigenvalue weighted by atomic mass is 79.9. The number of imide groups is 1. The fraction of sp³-hybridized carbons (Fsp3) is 0.235. The number of benzene rings is 1. The summed E-state index contributed by atoms with van der Waals surface area (Å²) in [5, 5.41) is 2.41. The van der Waals surface area contributed by atoms with Crippen molar-refractivity contribution in [3.8, 4) is 23.8 Å². The van der Waals surface area contributed by atoms with Gasteiger partial charge in [-0.15, -0.1) is 6.42 Å². The van der Waals surface area contributed by atoms with E-state index in [1.165, 1.54) is 20.3 Å². The molecule has 0 atom stereocenters. The maximum absolute atomic E-state index is 12.3. The fourth-order valence-corrected chi connectivity index (χ4v) is 2.73. The largest absolute Gasteiger partial charge is 0.493 e. The zero-order chi connectivity index (χ0) is 19.3. The number of hydrogen-bond donors (Lipinski definition) is 1. The number of esters is 1. The molecule has 1 saturated heterocycles. The van der Waals surface area contributed by atoms with Crippen molar-refractivity contribution in [1.29, 1.82) is 0 Å². The minimum atomic E-state index is -0.702. The molecule has 1 N–H and O–H groups in total. The van der Waals surface area contributed by atoms with Crippen molar-refractivity contribution >= 4 is 39.9 Å². The first-order chi connectivity index (χ1) is 12.4. The first-order valence-electron chi connectivity index (χ1n) is 7.26. The Morgan fingerprint density at radius 2 is 2.12 bits per heavy atom. The Balaban J connectivity index is 2.31. The first-order valence-corrected chi connectivity index (χ1v) is 8.05. The standard InChI is InChI=1S/C17H15BrN2O6/c1-4-5-26-15-11(18)6-10(8-13(15)24-2)7-12-16(22)20(17(23)19-12)9-14(21)25-3/h1,6-8H,5,9H2,2-3H3,(H,19,23)/b12-7+. The lowest BCUT2D eigenvalue weighted by Gasteiger charge is -2.12. The molecule has 1 heterocycles. The average molecular weight is 423 g/mol. The molecule has 0 bridgehead atoms. The second-order valence-corrected chi connectivity index (χ2v) is 5.84. The highest BCUT2D eigenvalue weighted by Crippen LogP contribution is 2.37. The van der Waals surface area contributed by atoms with Gasteiger partial charge in [0.2, 0.25) is 0 Å². The van der Waals surface area contributed by atoms with Crippen LogP contribution in [-0.4, -0.2) is 50.2 Å². The number of halogens is 1. The number of methoxy groups -OCH3 is 2. The molecule has 0 spiro atoms. The van der Waals surface area contributed by atoms with Crippen LogP contribution in [0.1, 0.15) is 5.56 Å². The van der Waals surface area contributed by atoms with Crippen LogP contribution in [0.2, 0.25) is 0 Å². The van der Waals surface area contributed by atoms with Crippen molar-refractivity contribution in [1.82, 2.24) is 10.2 Å². The van der Waals surface area contributed by atoms with Crippen molar-refractivity contribution < 1.29 is 28.6 Å². The molecule has 0 radical (unpaired) electrons. The number of hydrogen-bond acceptors (Lipinski definition) is 6. The van der Waals surface area contributed by atoms with Crippen LogP contribution < -0.4 is 14.8 Å². The van der Waals surface area contributed by atoms with Crippen molar-refractivity contribution in [3.63, 3.8) is 0 Å². The summed E-state index contributed by atoms with van der Waals surface area (Å²) in [4.78, 5) is 36.2. The number of urea groups is 1. The maximum atomic E-state index is 12.3. The lowest BCUT2D eigenvalue weighted by Crippen LogP contribution is -2.36. The SMILES string of the molecule is C#CCOc1c(Br)cc(/C=C2/NC(=O)N(CC(=O)OC)C2=O)cc1OC. The molecular formula is C17H15BrN2O6. The Morgan fingerprint density at radius 3 is 2.73 bits per heavy atom. The van der Waals surface area contributed by atoms with E-state index in [0.29, 0.717) is 21.5 Å². The van der Waals surface area contributed by atoms with Crippen molar-refractivity contribution in [2.24, 2.45) is 0 Å². The van der Waals surface area contributed by atoms with E-state index < -0.39 is 24.5 Å². The Morgan fingerprint density at radius 1 is 1.38 bits per heavy atom. The highest BCUT2D eigenvalue weighted by molar-refractivity contribution is 9.10. The van der Waals surface area contributed by atoms with Crippen LogP contribution in [-0.2, 0) is 14.3 Å². The number of nitrogens with zero attached hydrogens (tertiary/aromatic N) is 1. The lowest BCUT2D eigenvalue weighted by atomic mass is 10.1. The molecule has 0 aliphatic carbocycles. The summed E-state index contributed by atoms with van der Waals surface area (Å²) in [7, 11) is 2.63. The van der Waals surface area contributed by atoms with E-state index in [2.05, 4.69) is 31.9 Å². The average Bonchev–Trinajstić information content (AvgIpc) is 2.87. The maximum Gasteiger partial charge on any atom is 0.329 e. The molecule has 26 heavy (non-hydrogen) atoms. The molecular weight excluding hydrogens is 408 g/mol. The molecule has 1 aromatic carbocycles. The van der Waals surface area contributed by atoms with Gasteiger partial charge in [0.15, 0.2) is 11.5 Å². The van der Waals surface area contributed by atoms with Gasteiger partial charge in [0.25, 0.3) is 5.91 Å². The highest BCUT2D eigenvalue weighted by Gasteiger charge is 2.35. The fourth-order valence-electron chi connectivity index (χ4n) is 2.15. The number of rotatable bonds is 6. The van der Waals surface area contributed by atoms with E-state index in [9.17, 15) is 14.4 Å². The molecule has 1 aromatic rings. The zero-order valence-electron chi connectivity index (χ0n) is 14.0. The summed E-state index contributed by atoms with van der Waals surface area (Å²) in [5.41, 5.74) is 0.579. The normalized spacial score (nSPS) is 14.8. The molecule has 0 unspecified atom stereocenters. The van der Waals surface area contributed by atoms with Gasteiger partial charge in [-0.05, 0) is 39.7 Å². The van der Waals surface area contributed by atoms with Crippen molar-refractivity contribution in [3.05, 3.63) is 27.9 Å². The summed E-state index contributed by atoms with van der Waals surface area (Å²) in [6, 6.07) is 2.59. The van der Waals surface area contributed by atoms with Crippen LogP contribution in [0.3, 0.4) is 0 Å². The van der Waals surface area contributed by atoms with E-state index in [-0.39, 0.29) is 12.3 Å². The van der Waals surface area contributed by atoms with Gasteiger partial charge in [-0.3, -0.25) is 9.59 Å². The molecule has 8 nitrogen and oxygen atoms in total. The van der Waals surface area contributed by atoms with Gasteiger partial charge in [-0.25, -0.2) is 9.69 Å². The number of carbonyl (C=O) groups excluding carboxylic acids is 3. The molecule has 1 aliphatic heterocycles. The monoisotopic (exact) mass is 422 g/mol. The molecule has 136 valence electrons. The lowest BCUT2D eigenvalue weighted by molar-refractivity contribution is -0.143. The zero-order valence-corrected chi connectivity index (χ0v) is 15.6. The second kappa shape index (κ2) is 8.40. The minimum absolute atomic E-state index is 0.0187. The topological polar surface area (TPSA) is 94.2 Å². The predicted octanol–water partition coefficient (Wildman–Crippen LogP) is 1.54. The number of carbonyl (C=O) groups is 3. The third-order valence-electron chi connectivity index (χ3n) is 3.34. The van der Waals surface area contributed by atoms with Crippen LogP contribution >= 0.6 is 15.9 Å². The van der Waals surface area contributed by atoms with E-state index in [1.807, 2.05) is 0 Å². The van der Waals surface area contributed by atoms with E-state index >= 15 is 0 Å². The molecule has 9 heteroatoms. The Kier molecular flexibility index (Phi) is 6.25.